The molecule has 9 heteroatoms. The minimum atomic E-state index is -3.92. The average molecular weight is 882 g/mol. The molecule has 3 aromatic heterocycles. The largest absolute Gasteiger partial charge is 0.378 e. The molecule has 7 aromatic rings. The molecule has 4 aliphatic rings. The molecule has 0 aliphatic carbocycles. The van der Waals surface area contributed by atoms with Gasteiger partial charge in [0.25, 0.3) is 0 Å². The quantitative estimate of drug-likeness (QED) is 0.0890. The molecule has 2 bridgehead atoms. The topological polar surface area (TPSA) is 81.3 Å². The number of fused-ring (bicyclic) bond motifs is 13. The third kappa shape index (κ3) is 6.04. The van der Waals surface area contributed by atoms with Crippen LogP contribution in [0.15, 0.2) is 68.5 Å². The van der Waals surface area contributed by atoms with Gasteiger partial charge in [-0.25, -0.2) is 37.5 Å². The molecule has 0 saturated heterocycles. The van der Waals surface area contributed by atoms with Crippen LogP contribution in [0.5, 0.6) is 0 Å². The average Bonchev–Trinajstić information content (AvgIpc) is 4.04. The Morgan fingerprint density at radius 3 is 1.05 bits per heavy atom. The van der Waals surface area contributed by atoms with Gasteiger partial charge in [0.1, 0.15) is 0 Å². The van der Waals surface area contributed by atoms with E-state index in [0.717, 1.165) is 174 Å². The van der Waals surface area contributed by atoms with Gasteiger partial charge in [-0.1, -0.05) is 107 Å². The molecule has 1 atom stereocenters. The van der Waals surface area contributed by atoms with E-state index in [1.165, 1.54) is 44.5 Å². The van der Waals surface area contributed by atoms with E-state index < -0.39 is 7.59 Å². The second kappa shape index (κ2) is 16.2. The molecule has 11 rings (SSSR count). The van der Waals surface area contributed by atoms with Crippen LogP contribution in [0.1, 0.15) is 162 Å². The summed E-state index contributed by atoms with van der Waals surface area (Å²) in [6, 6.07) is 19.1. The Labute approximate surface area is 383 Å². The van der Waals surface area contributed by atoms with Gasteiger partial charge in [-0.3, -0.25) is 0 Å². The predicted molar refractivity (Wildman–Crippen MR) is 270 cm³/mol. The van der Waals surface area contributed by atoms with Crippen LogP contribution in [0, 0.1) is 10.7 Å². The van der Waals surface area contributed by atoms with Crippen molar-refractivity contribution in [1.82, 2.24) is 13.0 Å². The summed E-state index contributed by atoms with van der Waals surface area (Å²) in [7, 11) is -3.92. The van der Waals surface area contributed by atoms with Gasteiger partial charge in [0.15, 0.2) is 34.3 Å². The smallest absolute Gasteiger partial charge is 0.248 e. The Hall–Kier alpha value is -5.33. The molecule has 4 aliphatic heterocycles. The summed E-state index contributed by atoms with van der Waals surface area (Å²) in [6.07, 6.45) is 16.3. The van der Waals surface area contributed by atoms with Crippen molar-refractivity contribution < 1.29 is 4.57 Å². The van der Waals surface area contributed by atoms with Crippen LogP contribution in [0.25, 0.3) is 32.3 Å². The van der Waals surface area contributed by atoms with Crippen molar-refractivity contribution in [2.24, 2.45) is 20.0 Å². The molecule has 65 heavy (non-hydrogen) atoms. The van der Waals surface area contributed by atoms with E-state index in [2.05, 4.69) is 117 Å². The van der Waals surface area contributed by atoms with Gasteiger partial charge < -0.3 is 0 Å². The van der Waals surface area contributed by atoms with Crippen molar-refractivity contribution in [2.45, 2.75) is 158 Å². The molecule has 4 aromatic carbocycles. The Morgan fingerprint density at radius 2 is 0.662 bits per heavy atom. The maximum atomic E-state index is 17.8. The number of aliphatic imine (C=N–C) groups is 2. The highest BCUT2D eigenvalue weighted by Gasteiger charge is 2.47. The summed E-state index contributed by atoms with van der Waals surface area (Å²) in [5, 5.41) is 8.31. The number of benzene rings is 4. The van der Waals surface area contributed by atoms with E-state index in [1.54, 1.807) is 0 Å². The van der Waals surface area contributed by atoms with Crippen LogP contribution < -0.4 is 11.0 Å². The zero-order valence-corrected chi connectivity index (χ0v) is 40.8. The molecule has 1 unspecified atom stereocenters. The van der Waals surface area contributed by atoms with E-state index in [9.17, 15) is 0 Å². The zero-order valence-electron chi connectivity index (χ0n) is 39.9. The van der Waals surface area contributed by atoms with E-state index in [4.69, 9.17) is 20.0 Å². The van der Waals surface area contributed by atoms with Crippen molar-refractivity contribution in [2.75, 3.05) is 0 Å². The van der Waals surface area contributed by atoms with Crippen LogP contribution >= 0.6 is 7.59 Å². The third-order valence-corrected chi connectivity index (χ3v) is 17.3. The van der Waals surface area contributed by atoms with Crippen LogP contribution in [0.3, 0.4) is 0 Å². The first kappa shape index (κ1) is 42.3. The maximum absolute atomic E-state index is 17.8. The summed E-state index contributed by atoms with van der Waals surface area (Å²) < 4.78 is 24.2. The van der Waals surface area contributed by atoms with Crippen LogP contribution in [-0.4, -0.2) is 24.7 Å². The molecule has 0 N–H and O–H groups in total. The van der Waals surface area contributed by atoms with Gasteiger partial charge >= 0.3 is 7.59 Å². The lowest BCUT2D eigenvalue weighted by Gasteiger charge is -2.25. The maximum Gasteiger partial charge on any atom is 0.378 e. The van der Waals surface area contributed by atoms with Crippen LogP contribution in [0.4, 0.5) is 11.6 Å². The molecule has 0 spiro atoms. The Balaban J connectivity index is 1.42. The van der Waals surface area contributed by atoms with Crippen molar-refractivity contribution in [3.8, 4) is 0 Å². The number of nitrogens with zero attached hydrogens (tertiary/aromatic N) is 7. The Kier molecular flexibility index (Phi) is 10.6. The third-order valence-electron chi connectivity index (χ3n) is 14.5. The lowest BCUT2D eigenvalue weighted by molar-refractivity contribution is 0.551. The van der Waals surface area contributed by atoms with E-state index >= 15 is 4.57 Å². The molecular weight excluding hydrogens is 818 g/mol. The molecule has 7 heterocycles. The van der Waals surface area contributed by atoms with Gasteiger partial charge in [0, 0.05) is 43.4 Å². The molecule has 334 valence electrons. The fourth-order valence-electron chi connectivity index (χ4n) is 11.9. The fraction of sp³-hybridized carbons (Fsp3) is 0.429. The lowest BCUT2D eigenvalue weighted by atomic mass is 9.93. The second-order valence-corrected chi connectivity index (χ2v) is 21.4. The Bertz CT molecular complexity index is 3520. The van der Waals surface area contributed by atoms with Crippen molar-refractivity contribution in [1.29, 1.82) is 0 Å². The number of amidine groups is 2. The first-order valence-electron chi connectivity index (χ1n) is 25.3. The number of aryl methyl sites for hydroxylation is 8. The Morgan fingerprint density at radius 1 is 0.354 bits per heavy atom. The van der Waals surface area contributed by atoms with Crippen LogP contribution in [0.2, 0.25) is 0 Å². The summed E-state index contributed by atoms with van der Waals surface area (Å²) in [5.41, 5.74) is 14.4. The summed E-state index contributed by atoms with van der Waals surface area (Å²) in [6.45, 7) is 18.1. The van der Waals surface area contributed by atoms with Gasteiger partial charge in [-0.2, -0.15) is 0 Å². The van der Waals surface area contributed by atoms with Crippen LogP contribution in [-0.2, 0) is 55.9 Å². The molecule has 0 saturated carbocycles. The number of aromatic nitrogens is 3. The molecular formula is C56H64N7OP. The first-order chi connectivity index (χ1) is 31.8. The molecule has 0 radical (unpaired) electrons. The highest BCUT2D eigenvalue weighted by molar-refractivity contribution is 7.59. The van der Waals surface area contributed by atoms with Crippen molar-refractivity contribution in [3.05, 3.63) is 126 Å². The first-order valence-corrected chi connectivity index (χ1v) is 26.8. The molecule has 0 amide bonds. The SMILES string of the molecule is CCCc1cc2c(cc1CCC)C1=Nc3c4cc(CCC)c(CCC)cc4c4n3P3(=O)n5c(c6cc(CCC)c(CCC)cc6c5=c5c6cc(CCC)c(CCC)cc6c(n53)=N4)=NC2=N1. The highest BCUT2D eigenvalue weighted by atomic mass is 31.2. The number of rotatable bonds is 16. The monoisotopic (exact) mass is 881 g/mol. The molecule has 0 fully saturated rings. The van der Waals surface area contributed by atoms with E-state index in [1.807, 2.05) is 0 Å². The van der Waals surface area contributed by atoms with Gasteiger partial charge in [-0.15, -0.1) is 0 Å². The second-order valence-electron chi connectivity index (χ2n) is 19.2. The molecule has 8 nitrogen and oxygen atoms in total. The number of hydrogen-bond donors (Lipinski definition) is 0. The zero-order chi connectivity index (χ0) is 44.9. The summed E-state index contributed by atoms with van der Waals surface area (Å²) >= 11 is 0. The standard InChI is InChI=1S/C56H64N7OP/c1-9-17-33-25-41-45(29-37(33)21-13-5)53-58-51-43-27-35(19-11-3)36(20-12-4)28-44(43)52(57-51)59-54-47-31-39(23-15-7)40(24-16-8)32-48(47)56-60-55-46-30-38(22-14-6)34(18-10-2)26-42(46)50-49(41)61(53)65(64,62(50)55)63(54)56/h25-32H,9-24H2,1-8H3. The lowest BCUT2D eigenvalue weighted by Crippen LogP contribution is -2.29. The van der Waals surface area contributed by atoms with Gasteiger partial charge in [0.2, 0.25) is 0 Å². The normalized spacial score (nSPS) is 16.3. The summed E-state index contributed by atoms with van der Waals surface area (Å²) in [5.74, 6) is 2.69. The van der Waals surface area contributed by atoms with E-state index in [0.29, 0.717) is 17.5 Å². The minimum absolute atomic E-state index is 0.639. The van der Waals surface area contributed by atoms with Crippen molar-refractivity contribution in [3.63, 3.8) is 0 Å². The predicted octanol–water partition coefficient (Wildman–Crippen LogP) is 13.6. The van der Waals surface area contributed by atoms with Gasteiger partial charge in [0.05, 0.1) is 10.7 Å². The number of hydrogen-bond acceptors (Lipinski definition) is 5. The highest BCUT2D eigenvalue weighted by Crippen LogP contribution is 2.62. The van der Waals surface area contributed by atoms with E-state index in [-0.39, 0.29) is 0 Å². The summed E-state index contributed by atoms with van der Waals surface area (Å²) in [4.78, 5) is 22.6. The van der Waals surface area contributed by atoms with Gasteiger partial charge in [-0.05, 0) is 144 Å². The fourth-order valence-corrected chi connectivity index (χ4v) is 14.9. The van der Waals surface area contributed by atoms with Crippen molar-refractivity contribution >= 4 is 63.2 Å². The minimum Gasteiger partial charge on any atom is -0.248 e.